The van der Waals surface area contributed by atoms with Crippen molar-refractivity contribution >= 4 is 11.6 Å². The number of hydrogen-bond donors (Lipinski definition) is 1. The average molecular weight is 243 g/mol. The first-order valence-corrected chi connectivity index (χ1v) is 5.97. The van der Waals surface area contributed by atoms with Crippen molar-refractivity contribution in [3.63, 3.8) is 0 Å². The van der Waals surface area contributed by atoms with Gasteiger partial charge in [-0.1, -0.05) is 17.7 Å². The molecule has 2 N–H and O–H groups in total. The summed E-state index contributed by atoms with van der Waals surface area (Å²) in [5, 5.41) is 0.502. The summed E-state index contributed by atoms with van der Waals surface area (Å²) in [4.78, 5) is 2.21. The number of nitrogens with zero attached hydrogens (tertiary/aromatic N) is 1. The molecule has 2 nitrogen and oxygen atoms in total. The van der Waals surface area contributed by atoms with Crippen LogP contribution >= 0.6 is 11.6 Å². The van der Waals surface area contributed by atoms with Crippen molar-refractivity contribution in [2.24, 2.45) is 5.73 Å². The first-order valence-electron chi connectivity index (χ1n) is 5.59. The Morgan fingerprint density at radius 1 is 1.50 bits per heavy atom. The fourth-order valence-corrected chi connectivity index (χ4v) is 2.48. The van der Waals surface area contributed by atoms with E-state index in [0.29, 0.717) is 29.7 Å². The van der Waals surface area contributed by atoms with Gasteiger partial charge in [-0.05, 0) is 31.5 Å². The van der Waals surface area contributed by atoms with Gasteiger partial charge in [-0.25, -0.2) is 4.39 Å². The molecule has 1 heterocycles. The fourth-order valence-electron chi connectivity index (χ4n) is 2.26. The van der Waals surface area contributed by atoms with Gasteiger partial charge >= 0.3 is 0 Å². The number of hydrogen-bond acceptors (Lipinski definition) is 2. The zero-order chi connectivity index (χ0) is 11.5. The fraction of sp³-hybridized carbons (Fsp3) is 0.500. The summed E-state index contributed by atoms with van der Waals surface area (Å²) >= 11 is 6.00. The lowest BCUT2D eigenvalue weighted by atomic mass is 10.1. The standard InChI is InChI=1S/C12H16ClFN2/c13-11-4-1-5-12(14)10(11)8-16-6-2-3-9(16)7-15/h1,4-5,9H,2-3,6-8,15H2. The molecule has 1 unspecified atom stereocenters. The molecule has 0 saturated carbocycles. The van der Waals surface area contributed by atoms with E-state index in [9.17, 15) is 4.39 Å². The second kappa shape index (κ2) is 5.13. The van der Waals surface area contributed by atoms with Gasteiger partial charge in [0.15, 0.2) is 0 Å². The maximum absolute atomic E-state index is 13.6. The number of likely N-dealkylation sites (tertiary alicyclic amines) is 1. The molecule has 1 aliphatic heterocycles. The van der Waals surface area contributed by atoms with Crippen LogP contribution in [-0.4, -0.2) is 24.0 Å². The minimum absolute atomic E-state index is 0.227. The zero-order valence-electron chi connectivity index (χ0n) is 9.13. The van der Waals surface area contributed by atoms with Crippen molar-refractivity contribution in [1.82, 2.24) is 4.90 Å². The SMILES string of the molecule is NCC1CCCN1Cc1c(F)cccc1Cl. The lowest BCUT2D eigenvalue weighted by Gasteiger charge is -2.23. The maximum Gasteiger partial charge on any atom is 0.129 e. The highest BCUT2D eigenvalue weighted by atomic mass is 35.5. The van der Waals surface area contributed by atoms with Gasteiger partial charge in [0.05, 0.1) is 0 Å². The van der Waals surface area contributed by atoms with Crippen LogP contribution in [0.4, 0.5) is 4.39 Å². The third-order valence-electron chi connectivity index (χ3n) is 3.19. The van der Waals surface area contributed by atoms with Crippen molar-refractivity contribution in [2.45, 2.75) is 25.4 Å². The molecule has 1 aromatic rings. The summed E-state index contributed by atoms with van der Waals surface area (Å²) in [5.41, 5.74) is 6.27. The molecule has 16 heavy (non-hydrogen) atoms. The van der Waals surface area contributed by atoms with E-state index in [1.165, 1.54) is 6.07 Å². The lowest BCUT2D eigenvalue weighted by molar-refractivity contribution is 0.247. The Balaban J connectivity index is 2.14. The molecule has 0 amide bonds. The van der Waals surface area contributed by atoms with Crippen LogP contribution in [0.25, 0.3) is 0 Å². The van der Waals surface area contributed by atoms with E-state index >= 15 is 0 Å². The monoisotopic (exact) mass is 242 g/mol. The van der Waals surface area contributed by atoms with Crippen LogP contribution in [0.5, 0.6) is 0 Å². The van der Waals surface area contributed by atoms with E-state index in [1.807, 2.05) is 0 Å². The number of nitrogens with two attached hydrogens (primary N) is 1. The Morgan fingerprint density at radius 2 is 2.31 bits per heavy atom. The molecule has 1 aliphatic rings. The summed E-state index contributed by atoms with van der Waals surface area (Å²) in [5.74, 6) is -0.227. The van der Waals surface area contributed by atoms with Crippen molar-refractivity contribution in [3.8, 4) is 0 Å². The smallest absolute Gasteiger partial charge is 0.129 e. The Kier molecular flexibility index (Phi) is 3.79. The second-order valence-electron chi connectivity index (χ2n) is 4.20. The third kappa shape index (κ3) is 2.37. The van der Waals surface area contributed by atoms with Crippen LogP contribution in [0.2, 0.25) is 5.02 Å². The van der Waals surface area contributed by atoms with Crippen LogP contribution in [0.3, 0.4) is 0 Å². The van der Waals surface area contributed by atoms with Crippen LogP contribution in [-0.2, 0) is 6.54 Å². The molecule has 4 heteroatoms. The summed E-state index contributed by atoms with van der Waals surface area (Å²) in [6, 6.07) is 5.18. The van der Waals surface area contributed by atoms with Gasteiger partial charge < -0.3 is 5.73 Å². The Labute approximate surface area is 100 Å². The zero-order valence-corrected chi connectivity index (χ0v) is 9.88. The summed E-state index contributed by atoms with van der Waals surface area (Å²) < 4.78 is 13.6. The van der Waals surface area contributed by atoms with Gasteiger partial charge in [0.1, 0.15) is 5.82 Å². The average Bonchev–Trinajstić information content (AvgIpc) is 2.71. The molecular formula is C12H16ClFN2. The van der Waals surface area contributed by atoms with Crippen molar-refractivity contribution in [1.29, 1.82) is 0 Å². The van der Waals surface area contributed by atoms with E-state index in [-0.39, 0.29) is 5.82 Å². The van der Waals surface area contributed by atoms with Crippen LogP contribution < -0.4 is 5.73 Å². The second-order valence-corrected chi connectivity index (χ2v) is 4.61. The summed E-state index contributed by atoms with van der Waals surface area (Å²) in [6.45, 7) is 2.17. The van der Waals surface area contributed by atoms with E-state index in [2.05, 4.69) is 4.90 Å². The first kappa shape index (κ1) is 11.8. The van der Waals surface area contributed by atoms with Gasteiger partial charge in [-0.2, -0.15) is 0 Å². The minimum Gasteiger partial charge on any atom is -0.329 e. The van der Waals surface area contributed by atoms with Crippen LogP contribution in [0.1, 0.15) is 18.4 Å². The highest BCUT2D eigenvalue weighted by molar-refractivity contribution is 6.31. The predicted octanol–water partition coefficient (Wildman–Crippen LogP) is 2.40. The largest absolute Gasteiger partial charge is 0.329 e. The van der Waals surface area contributed by atoms with Crippen molar-refractivity contribution < 1.29 is 4.39 Å². The third-order valence-corrected chi connectivity index (χ3v) is 3.55. The Bertz CT molecular complexity index is 350. The first-order chi connectivity index (χ1) is 7.72. The molecule has 0 aromatic heterocycles. The summed E-state index contributed by atoms with van der Waals surface area (Å²) in [6.07, 6.45) is 2.23. The number of benzene rings is 1. The molecular weight excluding hydrogens is 227 g/mol. The van der Waals surface area contributed by atoms with Gasteiger partial charge in [0.2, 0.25) is 0 Å². The normalized spacial score (nSPS) is 21.6. The van der Waals surface area contributed by atoms with E-state index < -0.39 is 0 Å². The van der Waals surface area contributed by atoms with Crippen molar-refractivity contribution in [2.75, 3.05) is 13.1 Å². The summed E-state index contributed by atoms with van der Waals surface area (Å²) in [7, 11) is 0. The Hall–Kier alpha value is -0.640. The molecule has 88 valence electrons. The van der Waals surface area contributed by atoms with E-state index in [0.717, 1.165) is 19.4 Å². The van der Waals surface area contributed by atoms with Gasteiger partial charge in [-0.15, -0.1) is 0 Å². The maximum atomic E-state index is 13.6. The molecule has 1 aromatic carbocycles. The Morgan fingerprint density at radius 3 is 3.00 bits per heavy atom. The highest BCUT2D eigenvalue weighted by Crippen LogP contribution is 2.25. The van der Waals surface area contributed by atoms with Crippen LogP contribution in [0.15, 0.2) is 18.2 Å². The van der Waals surface area contributed by atoms with Gasteiger partial charge in [0, 0.05) is 29.7 Å². The molecule has 2 rings (SSSR count). The lowest BCUT2D eigenvalue weighted by Crippen LogP contribution is -2.35. The van der Waals surface area contributed by atoms with E-state index in [4.69, 9.17) is 17.3 Å². The molecule has 0 aliphatic carbocycles. The molecule has 1 saturated heterocycles. The number of rotatable bonds is 3. The van der Waals surface area contributed by atoms with Crippen LogP contribution in [0, 0.1) is 5.82 Å². The topological polar surface area (TPSA) is 29.3 Å². The molecule has 0 radical (unpaired) electrons. The molecule has 1 fully saturated rings. The van der Waals surface area contributed by atoms with Crippen molar-refractivity contribution in [3.05, 3.63) is 34.6 Å². The molecule has 1 atom stereocenters. The molecule has 0 bridgehead atoms. The molecule has 0 spiro atoms. The minimum atomic E-state index is -0.227. The number of halogens is 2. The highest BCUT2D eigenvalue weighted by Gasteiger charge is 2.24. The quantitative estimate of drug-likeness (QED) is 0.882. The van der Waals surface area contributed by atoms with Gasteiger partial charge in [0.25, 0.3) is 0 Å². The van der Waals surface area contributed by atoms with Gasteiger partial charge in [-0.3, -0.25) is 4.90 Å². The predicted molar refractivity (Wildman–Crippen MR) is 63.9 cm³/mol. The van der Waals surface area contributed by atoms with E-state index in [1.54, 1.807) is 12.1 Å².